The number of hydrogen-bond donors (Lipinski definition) is 1. The normalized spacial score (nSPS) is 19.4. The topological polar surface area (TPSA) is 50.3 Å². The van der Waals surface area contributed by atoms with Crippen LogP contribution in [0, 0.1) is 6.92 Å². The fraction of sp³-hybridized carbons (Fsp3) is 0.500. The number of rotatable bonds is 3. The zero-order chi connectivity index (χ0) is 22.0. The molecule has 31 heavy (non-hydrogen) atoms. The van der Waals surface area contributed by atoms with Crippen LogP contribution < -0.4 is 15.0 Å². The highest BCUT2D eigenvalue weighted by molar-refractivity contribution is 7.19. The van der Waals surface area contributed by atoms with Crippen LogP contribution in [0.4, 0.5) is 5.13 Å². The summed E-state index contributed by atoms with van der Waals surface area (Å²) >= 11 is 3.47. The zero-order valence-corrected chi connectivity index (χ0v) is 20.7. The summed E-state index contributed by atoms with van der Waals surface area (Å²) in [7, 11) is 2.18. The number of benzene rings is 1. The Morgan fingerprint density at radius 1 is 1.13 bits per heavy atom. The maximum absolute atomic E-state index is 6.09. The molecule has 1 N–H and O–H groups in total. The summed E-state index contributed by atoms with van der Waals surface area (Å²) in [4.78, 5) is 14.0. The molecule has 2 aromatic heterocycles. The number of piperidine rings is 1. The number of ether oxygens (including phenoxy) is 1. The summed E-state index contributed by atoms with van der Waals surface area (Å²) in [5.74, 6) is 0.771. The van der Waals surface area contributed by atoms with Gasteiger partial charge in [-0.25, -0.2) is 4.98 Å². The van der Waals surface area contributed by atoms with Crippen molar-refractivity contribution in [2.45, 2.75) is 71.2 Å². The molecule has 0 saturated carbocycles. The number of anilines is 1. The Bertz CT molecular complexity index is 1110. The Hall–Kier alpha value is -1.96. The van der Waals surface area contributed by atoms with Crippen LogP contribution in [-0.2, 0) is 6.61 Å². The lowest BCUT2D eigenvalue weighted by atomic mass is 9.79. The van der Waals surface area contributed by atoms with Gasteiger partial charge in [0.25, 0.3) is 0 Å². The SMILES string of the molecule is Cc1ncc(-c2ccc3c(c2)COc2nc(N(C)C4CC(C)(C)NC(C)(C)C4)sc2-3)s1. The summed E-state index contributed by atoms with van der Waals surface area (Å²) in [5, 5.41) is 5.91. The number of aromatic nitrogens is 2. The first-order valence-corrected chi connectivity index (χ1v) is 12.5. The smallest absolute Gasteiger partial charge is 0.234 e. The Morgan fingerprint density at radius 2 is 1.87 bits per heavy atom. The average molecular weight is 455 g/mol. The Kier molecular flexibility index (Phi) is 4.92. The number of thiazole rings is 2. The van der Waals surface area contributed by atoms with Gasteiger partial charge in [-0.05, 0) is 64.7 Å². The van der Waals surface area contributed by atoms with Gasteiger partial charge in [0.05, 0.1) is 9.88 Å². The third kappa shape index (κ3) is 3.99. The van der Waals surface area contributed by atoms with E-state index < -0.39 is 0 Å². The highest BCUT2D eigenvalue weighted by atomic mass is 32.1. The van der Waals surface area contributed by atoms with Crippen molar-refractivity contribution >= 4 is 27.8 Å². The van der Waals surface area contributed by atoms with Crippen LogP contribution in [-0.4, -0.2) is 34.1 Å². The first kappa shape index (κ1) is 20.9. The molecule has 3 aromatic rings. The van der Waals surface area contributed by atoms with Crippen molar-refractivity contribution in [3.05, 3.63) is 35.0 Å². The number of aryl methyl sites for hydroxylation is 1. The van der Waals surface area contributed by atoms with Crippen LogP contribution in [0.2, 0.25) is 0 Å². The minimum Gasteiger partial charge on any atom is -0.472 e. The number of fused-ring (bicyclic) bond motifs is 3. The number of nitrogens with one attached hydrogen (secondary N) is 1. The van der Waals surface area contributed by atoms with Crippen molar-refractivity contribution in [2.75, 3.05) is 11.9 Å². The second kappa shape index (κ2) is 7.29. The highest BCUT2D eigenvalue weighted by Crippen LogP contribution is 2.46. The third-order valence-corrected chi connectivity index (χ3v) is 8.35. The van der Waals surface area contributed by atoms with Crippen molar-refractivity contribution in [2.24, 2.45) is 0 Å². The van der Waals surface area contributed by atoms with Crippen molar-refractivity contribution in [3.8, 4) is 26.8 Å². The lowest BCUT2D eigenvalue weighted by molar-refractivity contribution is 0.161. The molecule has 1 saturated heterocycles. The van der Waals surface area contributed by atoms with Gasteiger partial charge in [0.1, 0.15) is 11.5 Å². The number of nitrogens with zero attached hydrogens (tertiary/aromatic N) is 3. The second-order valence-corrected chi connectivity index (χ2v) is 12.3. The van der Waals surface area contributed by atoms with Gasteiger partial charge in [-0.2, -0.15) is 4.98 Å². The molecule has 0 amide bonds. The molecule has 0 aliphatic carbocycles. The molecule has 2 aliphatic rings. The van der Waals surface area contributed by atoms with Crippen molar-refractivity contribution in [3.63, 3.8) is 0 Å². The monoisotopic (exact) mass is 454 g/mol. The minimum atomic E-state index is 0.103. The maximum Gasteiger partial charge on any atom is 0.234 e. The Labute approximate surface area is 192 Å². The van der Waals surface area contributed by atoms with Crippen LogP contribution in [0.15, 0.2) is 24.4 Å². The first-order valence-electron chi connectivity index (χ1n) is 10.8. The predicted octanol–water partition coefficient (Wildman–Crippen LogP) is 5.88. The second-order valence-electron chi connectivity index (χ2n) is 10.1. The summed E-state index contributed by atoms with van der Waals surface area (Å²) in [6.45, 7) is 11.8. The van der Waals surface area contributed by atoms with E-state index in [0.717, 1.165) is 33.7 Å². The quantitative estimate of drug-likeness (QED) is 0.535. The Morgan fingerprint density at radius 3 is 2.55 bits per heavy atom. The molecule has 0 unspecified atom stereocenters. The molecule has 1 aromatic carbocycles. The zero-order valence-electron chi connectivity index (χ0n) is 19.1. The van der Waals surface area contributed by atoms with E-state index in [1.54, 1.807) is 22.7 Å². The van der Waals surface area contributed by atoms with Crippen LogP contribution in [0.5, 0.6) is 5.88 Å². The lowest BCUT2D eigenvalue weighted by Crippen LogP contribution is -2.61. The summed E-state index contributed by atoms with van der Waals surface area (Å²) in [6, 6.07) is 7.10. The molecule has 0 radical (unpaired) electrons. The molecule has 164 valence electrons. The lowest BCUT2D eigenvalue weighted by Gasteiger charge is -2.48. The van der Waals surface area contributed by atoms with E-state index in [9.17, 15) is 0 Å². The van der Waals surface area contributed by atoms with E-state index >= 15 is 0 Å². The van der Waals surface area contributed by atoms with Gasteiger partial charge >= 0.3 is 0 Å². The molecule has 0 spiro atoms. The van der Waals surface area contributed by atoms with Crippen molar-refractivity contribution in [1.29, 1.82) is 0 Å². The van der Waals surface area contributed by atoms with Crippen LogP contribution in [0.25, 0.3) is 20.9 Å². The van der Waals surface area contributed by atoms with Gasteiger partial charge in [0.2, 0.25) is 5.88 Å². The molecule has 2 aliphatic heterocycles. The molecule has 4 heterocycles. The van der Waals surface area contributed by atoms with E-state index in [1.165, 1.54) is 21.6 Å². The van der Waals surface area contributed by atoms with Gasteiger partial charge in [-0.3, -0.25) is 0 Å². The van der Waals surface area contributed by atoms with Gasteiger partial charge in [-0.15, -0.1) is 11.3 Å². The molecule has 0 atom stereocenters. The van der Waals surface area contributed by atoms with Crippen molar-refractivity contribution < 1.29 is 4.74 Å². The predicted molar refractivity (Wildman–Crippen MR) is 130 cm³/mol. The third-order valence-electron chi connectivity index (χ3n) is 6.22. The van der Waals surface area contributed by atoms with E-state index in [1.807, 2.05) is 13.1 Å². The molecule has 5 nitrogen and oxygen atoms in total. The van der Waals surface area contributed by atoms with Gasteiger partial charge in [-0.1, -0.05) is 23.5 Å². The fourth-order valence-corrected chi connectivity index (χ4v) is 7.02. The van der Waals surface area contributed by atoms with Crippen LogP contribution >= 0.6 is 22.7 Å². The maximum atomic E-state index is 6.09. The van der Waals surface area contributed by atoms with Gasteiger partial charge in [0.15, 0.2) is 5.13 Å². The van der Waals surface area contributed by atoms with Gasteiger partial charge in [0, 0.05) is 35.9 Å². The molecule has 0 bridgehead atoms. The van der Waals surface area contributed by atoms with E-state index in [-0.39, 0.29) is 11.1 Å². The average Bonchev–Trinajstić information content (AvgIpc) is 3.30. The molecule has 1 fully saturated rings. The molecular formula is C24H30N4OS2. The van der Waals surface area contributed by atoms with Gasteiger partial charge < -0.3 is 15.0 Å². The highest BCUT2D eigenvalue weighted by Gasteiger charge is 2.40. The summed E-state index contributed by atoms with van der Waals surface area (Å²) in [6.07, 6.45) is 4.14. The summed E-state index contributed by atoms with van der Waals surface area (Å²) < 4.78 is 6.09. The molecule has 7 heteroatoms. The minimum absolute atomic E-state index is 0.103. The molecular weight excluding hydrogens is 424 g/mol. The fourth-order valence-electron chi connectivity index (χ4n) is 5.14. The van der Waals surface area contributed by atoms with Crippen molar-refractivity contribution in [1.82, 2.24) is 15.3 Å². The standard InChI is InChI=1S/C24H30N4OS2/c1-14-25-12-19(30-14)15-7-8-18-16(9-15)13-29-21-20(18)31-22(26-21)28(6)17-10-23(2,3)27-24(4,5)11-17/h7-9,12,17,27H,10-11,13H2,1-6H3. The molecule has 5 rings (SSSR count). The van der Waals surface area contributed by atoms with Crippen LogP contribution in [0.1, 0.15) is 51.1 Å². The van der Waals surface area contributed by atoms with E-state index in [2.05, 4.69) is 68.1 Å². The van der Waals surface area contributed by atoms with E-state index in [0.29, 0.717) is 12.6 Å². The first-order chi connectivity index (χ1) is 14.6. The number of hydrogen-bond acceptors (Lipinski definition) is 7. The Balaban J connectivity index is 1.44. The van der Waals surface area contributed by atoms with Crippen LogP contribution in [0.3, 0.4) is 0 Å². The van der Waals surface area contributed by atoms with E-state index in [4.69, 9.17) is 9.72 Å². The summed E-state index contributed by atoms with van der Waals surface area (Å²) in [5.41, 5.74) is 3.88. The largest absolute Gasteiger partial charge is 0.472 e.